The lowest BCUT2D eigenvalue weighted by atomic mass is 9.89. The zero-order chi connectivity index (χ0) is 14.5. The molecule has 2 unspecified atom stereocenters. The maximum Gasteiger partial charge on any atom is 0.409 e. The zero-order valence-electron chi connectivity index (χ0n) is 12.2. The average Bonchev–Trinajstić information content (AvgIpc) is 2.45. The number of nitrogens with zero attached hydrogens (tertiary/aromatic N) is 1. The molecular formula is C16H23NO3. The topological polar surface area (TPSA) is 49.8 Å². The van der Waals surface area contributed by atoms with Gasteiger partial charge in [0.15, 0.2) is 0 Å². The van der Waals surface area contributed by atoms with Crippen LogP contribution in [0.5, 0.6) is 0 Å². The minimum atomic E-state index is -0.486. The second kappa shape index (κ2) is 6.75. The maximum absolute atomic E-state index is 12.0. The smallest absolute Gasteiger partial charge is 0.409 e. The SMILES string of the molecule is CC(C)COC(=O)N1CC(O)CC(c2ccccc2)C1. The van der Waals surface area contributed by atoms with E-state index in [1.165, 1.54) is 0 Å². The first kappa shape index (κ1) is 14.9. The molecule has 1 saturated heterocycles. The first-order valence-corrected chi connectivity index (χ1v) is 7.21. The molecule has 0 bridgehead atoms. The number of rotatable bonds is 3. The molecule has 1 heterocycles. The van der Waals surface area contributed by atoms with Gasteiger partial charge >= 0.3 is 6.09 Å². The van der Waals surface area contributed by atoms with Crippen LogP contribution in [-0.4, -0.2) is 41.9 Å². The van der Waals surface area contributed by atoms with Crippen molar-refractivity contribution in [3.05, 3.63) is 35.9 Å². The predicted octanol–water partition coefficient (Wildman–Crippen LogP) is 2.63. The molecule has 1 fully saturated rings. The van der Waals surface area contributed by atoms with Gasteiger partial charge in [0.05, 0.1) is 12.7 Å². The highest BCUT2D eigenvalue weighted by atomic mass is 16.6. The van der Waals surface area contributed by atoms with Crippen molar-refractivity contribution < 1.29 is 14.6 Å². The molecule has 1 amide bonds. The van der Waals surface area contributed by atoms with Gasteiger partial charge in [0, 0.05) is 19.0 Å². The summed E-state index contributed by atoms with van der Waals surface area (Å²) in [6.45, 7) is 5.40. The van der Waals surface area contributed by atoms with E-state index in [1.807, 2.05) is 44.2 Å². The molecule has 1 aromatic rings. The van der Waals surface area contributed by atoms with Gasteiger partial charge in [0.25, 0.3) is 0 Å². The third-order valence-electron chi connectivity index (χ3n) is 3.50. The zero-order valence-corrected chi connectivity index (χ0v) is 12.2. The predicted molar refractivity (Wildman–Crippen MR) is 77.6 cm³/mol. The molecule has 1 aromatic carbocycles. The van der Waals surface area contributed by atoms with Crippen molar-refractivity contribution in [1.82, 2.24) is 4.90 Å². The minimum Gasteiger partial charge on any atom is -0.449 e. The van der Waals surface area contributed by atoms with E-state index in [4.69, 9.17) is 4.74 Å². The number of carbonyl (C=O) groups is 1. The number of ether oxygens (including phenoxy) is 1. The number of amides is 1. The van der Waals surface area contributed by atoms with Gasteiger partial charge in [-0.05, 0) is 17.9 Å². The number of aliphatic hydroxyl groups excluding tert-OH is 1. The second-order valence-corrected chi connectivity index (χ2v) is 5.87. The summed E-state index contributed by atoms with van der Waals surface area (Å²) < 4.78 is 5.25. The third kappa shape index (κ3) is 3.97. The van der Waals surface area contributed by atoms with E-state index in [2.05, 4.69) is 0 Å². The summed E-state index contributed by atoms with van der Waals surface area (Å²) in [7, 11) is 0. The van der Waals surface area contributed by atoms with Gasteiger partial charge < -0.3 is 14.7 Å². The van der Waals surface area contributed by atoms with Crippen LogP contribution < -0.4 is 0 Å². The Kier molecular flexibility index (Phi) is 5.01. The van der Waals surface area contributed by atoms with Crippen LogP contribution in [0.4, 0.5) is 4.79 Å². The van der Waals surface area contributed by atoms with E-state index in [0.717, 1.165) is 5.56 Å². The van der Waals surface area contributed by atoms with Gasteiger partial charge in [-0.25, -0.2) is 4.79 Å². The van der Waals surface area contributed by atoms with E-state index in [9.17, 15) is 9.90 Å². The number of hydrogen-bond donors (Lipinski definition) is 1. The summed E-state index contributed by atoms with van der Waals surface area (Å²) in [5.41, 5.74) is 1.16. The van der Waals surface area contributed by atoms with Crippen molar-refractivity contribution >= 4 is 6.09 Å². The molecule has 0 aromatic heterocycles. The van der Waals surface area contributed by atoms with E-state index < -0.39 is 6.10 Å². The van der Waals surface area contributed by atoms with Gasteiger partial charge in [-0.3, -0.25) is 0 Å². The summed E-state index contributed by atoms with van der Waals surface area (Å²) in [5, 5.41) is 9.99. The van der Waals surface area contributed by atoms with Crippen LogP contribution in [-0.2, 0) is 4.74 Å². The molecule has 0 aliphatic carbocycles. The van der Waals surface area contributed by atoms with E-state index >= 15 is 0 Å². The Hall–Kier alpha value is -1.55. The number of carbonyl (C=O) groups excluding carboxylic acids is 1. The Morgan fingerprint density at radius 1 is 1.35 bits per heavy atom. The number of benzene rings is 1. The lowest BCUT2D eigenvalue weighted by Crippen LogP contribution is -2.45. The molecule has 1 aliphatic heterocycles. The first-order chi connectivity index (χ1) is 9.56. The van der Waals surface area contributed by atoms with Crippen LogP contribution in [0.15, 0.2) is 30.3 Å². The Bertz CT molecular complexity index is 433. The lowest BCUT2D eigenvalue weighted by molar-refractivity contribution is 0.0374. The number of piperidine rings is 1. The van der Waals surface area contributed by atoms with Gasteiger partial charge in [-0.1, -0.05) is 44.2 Å². The molecule has 0 radical (unpaired) electrons. The van der Waals surface area contributed by atoms with Gasteiger partial charge in [-0.15, -0.1) is 0 Å². The van der Waals surface area contributed by atoms with Crippen LogP contribution in [0.1, 0.15) is 31.7 Å². The molecule has 0 saturated carbocycles. The highest BCUT2D eigenvalue weighted by molar-refractivity contribution is 5.68. The van der Waals surface area contributed by atoms with Crippen LogP contribution in [0.2, 0.25) is 0 Å². The second-order valence-electron chi connectivity index (χ2n) is 5.87. The van der Waals surface area contributed by atoms with Crippen molar-refractivity contribution in [2.24, 2.45) is 5.92 Å². The summed E-state index contributed by atoms with van der Waals surface area (Å²) in [5.74, 6) is 0.491. The summed E-state index contributed by atoms with van der Waals surface area (Å²) in [6, 6.07) is 10.0. The van der Waals surface area contributed by atoms with Gasteiger partial charge in [-0.2, -0.15) is 0 Å². The molecule has 0 spiro atoms. The molecule has 110 valence electrons. The first-order valence-electron chi connectivity index (χ1n) is 7.21. The maximum atomic E-state index is 12.0. The fourth-order valence-electron chi connectivity index (χ4n) is 2.52. The van der Waals surface area contributed by atoms with Gasteiger partial charge in [0.1, 0.15) is 0 Å². The van der Waals surface area contributed by atoms with Crippen molar-refractivity contribution in [3.8, 4) is 0 Å². The van der Waals surface area contributed by atoms with Crippen LogP contribution >= 0.6 is 0 Å². The monoisotopic (exact) mass is 277 g/mol. The Labute approximate surface area is 120 Å². The van der Waals surface area contributed by atoms with E-state index in [1.54, 1.807) is 4.90 Å². The van der Waals surface area contributed by atoms with Crippen molar-refractivity contribution in [2.75, 3.05) is 19.7 Å². The molecule has 4 heteroatoms. The summed E-state index contributed by atoms with van der Waals surface area (Å²) in [4.78, 5) is 13.6. The molecule has 4 nitrogen and oxygen atoms in total. The normalized spacial score (nSPS) is 22.9. The molecular weight excluding hydrogens is 254 g/mol. The van der Waals surface area contributed by atoms with Gasteiger partial charge in [0.2, 0.25) is 0 Å². The Morgan fingerprint density at radius 2 is 2.05 bits per heavy atom. The van der Waals surface area contributed by atoms with E-state index in [0.29, 0.717) is 32.0 Å². The highest BCUT2D eigenvalue weighted by Crippen LogP contribution is 2.27. The van der Waals surface area contributed by atoms with Crippen LogP contribution in [0, 0.1) is 5.92 Å². The largest absolute Gasteiger partial charge is 0.449 e. The number of likely N-dealkylation sites (tertiary alicyclic amines) is 1. The molecule has 2 rings (SSSR count). The third-order valence-corrected chi connectivity index (χ3v) is 3.50. The summed E-state index contributed by atoms with van der Waals surface area (Å²) in [6.07, 6.45) is -0.114. The van der Waals surface area contributed by atoms with Crippen molar-refractivity contribution in [2.45, 2.75) is 32.3 Å². The average molecular weight is 277 g/mol. The fraction of sp³-hybridized carbons (Fsp3) is 0.562. The van der Waals surface area contributed by atoms with Crippen molar-refractivity contribution in [1.29, 1.82) is 0 Å². The molecule has 20 heavy (non-hydrogen) atoms. The van der Waals surface area contributed by atoms with Crippen LogP contribution in [0.25, 0.3) is 0 Å². The fourth-order valence-corrected chi connectivity index (χ4v) is 2.52. The quantitative estimate of drug-likeness (QED) is 0.924. The Morgan fingerprint density at radius 3 is 2.70 bits per heavy atom. The lowest BCUT2D eigenvalue weighted by Gasteiger charge is -2.35. The number of β-amino-alcohol motifs (C(OH)–C–C–N with tert-alkyl or cyclic N) is 1. The standard InChI is InChI=1S/C16H23NO3/c1-12(2)11-20-16(19)17-9-14(8-15(18)10-17)13-6-4-3-5-7-13/h3-7,12,14-15,18H,8-11H2,1-2H3. The highest BCUT2D eigenvalue weighted by Gasteiger charge is 2.30. The number of aliphatic hydroxyl groups is 1. The number of hydrogen-bond acceptors (Lipinski definition) is 3. The molecule has 1 aliphatic rings. The summed E-state index contributed by atoms with van der Waals surface area (Å²) >= 11 is 0. The van der Waals surface area contributed by atoms with Crippen molar-refractivity contribution in [3.63, 3.8) is 0 Å². The molecule has 2 atom stereocenters. The minimum absolute atomic E-state index is 0.173. The molecule has 1 N–H and O–H groups in total. The van der Waals surface area contributed by atoms with E-state index in [-0.39, 0.29) is 12.0 Å². The Balaban J connectivity index is 1.99. The van der Waals surface area contributed by atoms with Crippen LogP contribution in [0.3, 0.4) is 0 Å².